The minimum atomic E-state index is 0.531. The molecule has 20 heavy (non-hydrogen) atoms. The number of benzene rings is 2. The van der Waals surface area contributed by atoms with Crippen molar-refractivity contribution in [3.05, 3.63) is 63.6 Å². The summed E-state index contributed by atoms with van der Waals surface area (Å²) in [4.78, 5) is 0.531. The second kappa shape index (κ2) is 6.93. The molecule has 0 bridgehead atoms. The lowest BCUT2D eigenvalue weighted by molar-refractivity contribution is 0.414. The van der Waals surface area contributed by atoms with Gasteiger partial charge in [0.05, 0.1) is 17.2 Å². The molecule has 0 aliphatic rings. The first kappa shape index (κ1) is 15.1. The molecule has 2 aromatic carbocycles. The van der Waals surface area contributed by atoms with E-state index in [0.717, 1.165) is 11.3 Å². The Morgan fingerprint density at radius 1 is 1.15 bits per heavy atom. The summed E-state index contributed by atoms with van der Waals surface area (Å²) in [6, 6.07) is 13.1. The molecule has 104 valence electrons. The number of thiocarbonyl (C=S) groups is 1. The average Bonchev–Trinajstić information content (AvgIpc) is 2.45. The van der Waals surface area contributed by atoms with Crippen LogP contribution in [0.25, 0.3) is 0 Å². The van der Waals surface area contributed by atoms with Gasteiger partial charge in [0.2, 0.25) is 0 Å². The van der Waals surface area contributed by atoms with Crippen LogP contribution in [-0.2, 0) is 6.54 Å². The highest BCUT2D eigenvalue weighted by atomic mass is 35.5. The number of nitrogens with one attached hydrogen (secondary N) is 1. The van der Waals surface area contributed by atoms with Crippen LogP contribution in [0, 0.1) is 0 Å². The maximum absolute atomic E-state index is 6.12. The predicted molar refractivity (Wildman–Crippen MR) is 88.0 cm³/mol. The van der Waals surface area contributed by atoms with Crippen molar-refractivity contribution in [2.75, 3.05) is 7.11 Å². The van der Waals surface area contributed by atoms with Crippen molar-refractivity contribution in [2.24, 2.45) is 0 Å². The Labute approximate surface area is 133 Å². The van der Waals surface area contributed by atoms with Gasteiger partial charge in [-0.25, -0.2) is 0 Å². The molecule has 0 radical (unpaired) electrons. The third-order valence-corrected chi connectivity index (χ3v) is 3.76. The molecule has 0 fully saturated rings. The zero-order chi connectivity index (χ0) is 14.5. The normalized spacial score (nSPS) is 10.2. The molecule has 2 aromatic rings. The molecule has 0 heterocycles. The number of hydrogen-bond donors (Lipinski definition) is 1. The lowest BCUT2D eigenvalue weighted by atomic mass is 10.2. The minimum absolute atomic E-state index is 0.531. The molecular weight excluding hydrogens is 313 g/mol. The first-order chi connectivity index (χ1) is 9.61. The Morgan fingerprint density at radius 3 is 2.45 bits per heavy atom. The SMILES string of the molecule is COc1cccc(CNC(=S)c2c(Cl)cccc2Cl)c1. The third kappa shape index (κ3) is 3.63. The van der Waals surface area contributed by atoms with Gasteiger partial charge in [-0.05, 0) is 29.8 Å². The van der Waals surface area contributed by atoms with Crippen LogP contribution >= 0.6 is 35.4 Å². The molecule has 1 N–H and O–H groups in total. The maximum atomic E-state index is 6.12. The highest BCUT2D eigenvalue weighted by Crippen LogP contribution is 2.24. The predicted octanol–water partition coefficient (Wildman–Crippen LogP) is 4.47. The lowest BCUT2D eigenvalue weighted by Crippen LogP contribution is -2.22. The summed E-state index contributed by atoms with van der Waals surface area (Å²) >= 11 is 17.6. The highest BCUT2D eigenvalue weighted by molar-refractivity contribution is 7.80. The van der Waals surface area contributed by atoms with Gasteiger partial charge in [-0.2, -0.15) is 0 Å². The fraction of sp³-hybridized carbons (Fsp3) is 0.133. The molecule has 0 saturated carbocycles. The summed E-state index contributed by atoms with van der Waals surface area (Å²) in [5, 5.41) is 4.24. The van der Waals surface area contributed by atoms with E-state index in [0.29, 0.717) is 27.1 Å². The molecule has 0 aliphatic heterocycles. The quantitative estimate of drug-likeness (QED) is 0.838. The monoisotopic (exact) mass is 325 g/mol. The second-order valence-corrected chi connectivity index (χ2v) is 5.35. The molecule has 0 aliphatic carbocycles. The summed E-state index contributed by atoms with van der Waals surface area (Å²) in [6.07, 6.45) is 0. The topological polar surface area (TPSA) is 21.3 Å². The van der Waals surface area contributed by atoms with E-state index >= 15 is 0 Å². The van der Waals surface area contributed by atoms with Crippen LogP contribution in [0.3, 0.4) is 0 Å². The summed E-state index contributed by atoms with van der Waals surface area (Å²) in [5.74, 6) is 0.811. The minimum Gasteiger partial charge on any atom is -0.497 e. The van der Waals surface area contributed by atoms with Gasteiger partial charge < -0.3 is 10.1 Å². The number of halogens is 2. The Kier molecular flexibility index (Phi) is 5.24. The van der Waals surface area contributed by atoms with Gasteiger partial charge in [-0.1, -0.05) is 53.6 Å². The molecule has 0 saturated heterocycles. The molecular formula is C15H13Cl2NOS. The molecule has 0 atom stereocenters. The van der Waals surface area contributed by atoms with E-state index in [1.807, 2.05) is 24.3 Å². The van der Waals surface area contributed by atoms with Crippen LogP contribution in [-0.4, -0.2) is 12.1 Å². The first-order valence-corrected chi connectivity index (χ1v) is 7.13. The largest absolute Gasteiger partial charge is 0.497 e. The van der Waals surface area contributed by atoms with Crippen molar-refractivity contribution in [3.63, 3.8) is 0 Å². The van der Waals surface area contributed by atoms with Crippen LogP contribution in [0.1, 0.15) is 11.1 Å². The first-order valence-electron chi connectivity index (χ1n) is 5.97. The number of ether oxygens (including phenoxy) is 1. The fourth-order valence-electron chi connectivity index (χ4n) is 1.77. The van der Waals surface area contributed by atoms with Crippen molar-refractivity contribution in [2.45, 2.75) is 6.54 Å². The van der Waals surface area contributed by atoms with E-state index in [9.17, 15) is 0 Å². The van der Waals surface area contributed by atoms with E-state index in [1.54, 1.807) is 25.3 Å². The summed E-state index contributed by atoms with van der Waals surface area (Å²) in [6.45, 7) is 0.581. The molecule has 0 unspecified atom stereocenters. The molecule has 0 aromatic heterocycles. The van der Waals surface area contributed by atoms with E-state index in [-0.39, 0.29) is 0 Å². The number of hydrogen-bond acceptors (Lipinski definition) is 2. The zero-order valence-electron chi connectivity index (χ0n) is 10.8. The molecule has 0 spiro atoms. The van der Waals surface area contributed by atoms with Gasteiger partial charge in [0.15, 0.2) is 0 Å². The molecule has 2 nitrogen and oxygen atoms in total. The van der Waals surface area contributed by atoms with Gasteiger partial charge in [0, 0.05) is 12.1 Å². The van der Waals surface area contributed by atoms with Crippen molar-refractivity contribution >= 4 is 40.4 Å². The van der Waals surface area contributed by atoms with Crippen molar-refractivity contribution in [1.82, 2.24) is 5.32 Å². The number of methoxy groups -OCH3 is 1. The second-order valence-electron chi connectivity index (χ2n) is 4.13. The molecule has 5 heteroatoms. The Morgan fingerprint density at radius 2 is 1.80 bits per heavy atom. The van der Waals surface area contributed by atoms with Gasteiger partial charge in [-0.15, -0.1) is 0 Å². The van der Waals surface area contributed by atoms with E-state index in [1.165, 1.54) is 0 Å². The standard InChI is InChI=1S/C15H13Cl2NOS/c1-19-11-5-2-4-10(8-11)9-18-15(20)14-12(16)6-3-7-13(14)17/h2-8H,9H2,1H3,(H,18,20). The summed E-state index contributed by atoms with van der Waals surface area (Å²) in [5.41, 5.74) is 1.73. The highest BCUT2D eigenvalue weighted by Gasteiger charge is 2.10. The summed E-state index contributed by atoms with van der Waals surface area (Å²) in [7, 11) is 1.64. The zero-order valence-corrected chi connectivity index (χ0v) is 13.1. The third-order valence-electron chi connectivity index (χ3n) is 2.78. The Bertz CT molecular complexity index is 611. The Balaban J connectivity index is 2.09. The summed E-state index contributed by atoms with van der Waals surface area (Å²) < 4.78 is 5.18. The van der Waals surface area contributed by atoms with Gasteiger partial charge >= 0.3 is 0 Å². The van der Waals surface area contributed by atoms with Crippen LogP contribution < -0.4 is 10.1 Å². The van der Waals surface area contributed by atoms with Gasteiger partial charge in [0.1, 0.15) is 10.7 Å². The lowest BCUT2D eigenvalue weighted by Gasteiger charge is -2.11. The molecule has 0 amide bonds. The van der Waals surface area contributed by atoms with Gasteiger partial charge in [-0.3, -0.25) is 0 Å². The molecule has 2 rings (SSSR count). The Hall–Kier alpha value is -1.29. The van der Waals surface area contributed by atoms with Crippen molar-refractivity contribution in [1.29, 1.82) is 0 Å². The average molecular weight is 326 g/mol. The maximum Gasteiger partial charge on any atom is 0.119 e. The van der Waals surface area contributed by atoms with E-state index in [4.69, 9.17) is 40.2 Å². The van der Waals surface area contributed by atoms with Crippen molar-refractivity contribution in [3.8, 4) is 5.75 Å². The van der Waals surface area contributed by atoms with Crippen molar-refractivity contribution < 1.29 is 4.74 Å². The fourth-order valence-corrected chi connectivity index (χ4v) is 2.76. The van der Waals surface area contributed by atoms with Crippen LogP contribution in [0.5, 0.6) is 5.75 Å². The van der Waals surface area contributed by atoms with E-state index in [2.05, 4.69) is 5.32 Å². The van der Waals surface area contributed by atoms with Crippen LogP contribution in [0.4, 0.5) is 0 Å². The van der Waals surface area contributed by atoms with Gasteiger partial charge in [0.25, 0.3) is 0 Å². The smallest absolute Gasteiger partial charge is 0.119 e. The van der Waals surface area contributed by atoms with Crippen LogP contribution in [0.2, 0.25) is 10.0 Å². The van der Waals surface area contributed by atoms with Crippen LogP contribution in [0.15, 0.2) is 42.5 Å². The van der Waals surface area contributed by atoms with E-state index < -0.39 is 0 Å². The number of rotatable bonds is 4.